The van der Waals surface area contributed by atoms with Gasteiger partial charge in [0.05, 0.1) is 6.73 Å². The number of likely N-dealkylation sites (tertiary alicyclic amines) is 1. The molecule has 3 nitrogen and oxygen atoms in total. The summed E-state index contributed by atoms with van der Waals surface area (Å²) in [5.74, 6) is 0. The van der Waals surface area contributed by atoms with E-state index in [0.717, 1.165) is 19.8 Å². The van der Waals surface area contributed by atoms with Crippen LogP contribution in [0.1, 0.15) is 19.3 Å². The molecule has 0 saturated carbocycles. The Bertz CT molecular complexity index is 106. The third-order valence-electron chi connectivity index (χ3n) is 2.32. The second-order valence-electron chi connectivity index (χ2n) is 3.12. The Labute approximate surface area is 68.5 Å². The Kier molecular flexibility index (Phi) is 3.83. The molecule has 1 fully saturated rings. The molecule has 0 bridgehead atoms. The first-order valence-electron chi connectivity index (χ1n) is 4.31. The van der Waals surface area contributed by atoms with Gasteiger partial charge in [-0.1, -0.05) is 6.42 Å². The quantitative estimate of drug-likeness (QED) is 0.646. The van der Waals surface area contributed by atoms with Crippen LogP contribution < -0.4 is 5.73 Å². The lowest BCUT2D eigenvalue weighted by atomic mass is 10.0. The number of ether oxygens (including phenoxy) is 1. The van der Waals surface area contributed by atoms with Gasteiger partial charge < -0.3 is 10.5 Å². The summed E-state index contributed by atoms with van der Waals surface area (Å²) in [4.78, 5) is 2.32. The summed E-state index contributed by atoms with van der Waals surface area (Å²) < 4.78 is 5.08. The molecular weight excluding hydrogens is 140 g/mol. The van der Waals surface area contributed by atoms with E-state index in [1.807, 2.05) is 0 Å². The topological polar surface area (TPSA) is 38.5 Å². The van der Waals surface area contributed by atoms with Gasteiger partial charge in [-0.15, -0.1) is 0 Å². The van der Waals surface area contributed by atoms with E-state index in [4.69, 9.17) is 10.5 Å². The Morgan fingerprint density at radius 2 is 2.36 bits per heavy atom. The van der Waals surface area contributed by atoms with Crippen molar-refractivity contribution in [2.24, 2.45) is 5.73 Å². The van der Waals surface area contributed by atoms with Gasteiger partial charge in [-0.25, -0.2) is 0 Å². The molecule has 1 aliphatic rings. The highest BCUT2D eigenvalue weighted by Gasteiger charge is 2.19. The van der Waals surface area contributed by atoms with E-state index in [1.165, 1.54) is 19.3 Å². The minimum Gasteiger partial charge on any atom is -0.369 e. The molecule has 3 heteroatoms. The van der Waals surface area contributed by atoms with Crippen molar-refractivity contribution in [3.63, 3.8) is 0 Å². The molecule has 0 spiro atoms. The highest BCUT2D eigenvalue weighted by molar-refractivity contribution is 4.75. The molecule has 1 aliphatic heterocycles. The highest BCUT2D eigenvalue weighted by atomic mass is 16.5. The SMILES string of the molecule is COCN1CCCCC1CN. The van der Waals surface area contributed by atoms with E-state index < -0.39 is 0 Å². The van der Waals surface area contributed by atoms with Crippen molar-refractivity contribution in [3.05, 3.63) is 0 Å². The van der Waals surface area contributed by atoms with Gasteiger partial charge >= 0.3 is 0 Å². The van der Waals surface area contributed by atoms with Crippen molar-refractivity contribution in [1.82, 2.24) is 4.90 Å². The Balaban J connectivity index is 2.31. The van der Waals surface area contributed by atoms with Crippen LogP contribution in [0.25, 0.3) is 0 Å². The third kappa shape index (κ3) is 2.43. The summed E-state index contributed by atoms with van der Waals surface area (Å²) in [6.07, 6.45) is 3.85. The predicted molar refractivity (Wildman–Crippen MR) is 45.3 cm³/mol. The normalized spacial score (nSPS) is 27.3. The zero-order chi connectivity index (χ0) is 8.10. The number of methoxy groups -OCH3 is 1. The van der Waals surface area contributed by atoms with Crippen molar-refractivity contribution in [3.8, 4) is 0 Å². The molecule has 2 N–H and O–H groups in total. The molecule has 1 atom stereocenters. The largest absolute Gasteiger partial charge is 0.369 e. The number of rotatable bonds is 3. The summed E-state index contributed by atoms with van der Waals surface area (Å²) in [6.45, 7) is 2.65. The molecule has 0 aromatic rings. The van der Waals surface area contributed by atoms with Crippen LogP contribution in [-0.2, 0) is 4.74 Å². The maximum atomic E-state index is 5.63. The maximum Gasteiger partial charge on any atom is 0.0989 e. The first kappa shape index (κ1) is 8.97. The van der Waals surface area contributed by atoms with Crippen molar-refractivity contribution in [2.75, 3.05) is 26.9 Å². The Morgan fingerprint density at radius 3 is 3.00 bits per heavy atom. The van der Waals surface area contributed by atoms with Crippen LogP contribution in [0.5, 0.6) is 0 Å². The van der Waals surface area contributed by atoms with E-state index in [1.54, 1.807) is 7.11 Å². The van der Waals surface area contributed by atoms with Crippen LogP contribution in [0.3, 0.4) is 0 Å². The second-order valence-corrected chi connectivity index (χ2v) is 3.12. The average Bonchev–Trinajstić information content (AvgIpc) is 2.06. The first-order valence-corrected chi connectivity index (χ1v) is 4.31. The van der Waals surface area contributed by atoms with Crippen LogP contribution in [0, 0.1) is 0 Å². The minimum atomic E-state index is 0.559. The molecule has 1 rings (SSSR count). The van der Waals surface area contributed by atoms with E-state index in [9.17, 15) is 0 Å². The number of hydrogen-bond acceptors (Lipinski definition) is 3. The molecule has 66 valence electrons. The average molecular weight is 158 g/mol. The predicted octanol–water partition coefficient (Wildman–Crippen LogP) is 0.404. The van der Waals surface area contributed by atoms with E-state index in [0.29, 0.717) is 6.04 Å². The molecule has 1 heterocycles. The van der Waals surface area contributed by atoms with Crippen LogP contribution in [0.15, 0.2) is 0 Å². The zero-order valence-electron chi connectivity index (χ0n) is 7.25. The van der Waals surface area contributed by atoms with Crippen LogP contribution in [-0.4, -0.2) is 37.9 Å². The lowest BCUT2D eigenvalue weighted by Gasteiger charge is -2.33. The second kappa shape index (κ2) is 4.70. The van der Waals surface area contributed by atoms with Crippen molar-refractivity contribution in [1.29, 1.82) is 0 Å². The summed E-state index contributed by atoms with van der Waals surface area (Å²) in [5.41, 5.74) is 5.63. The smallest absolute Gasteiger partial charge is 0.0989 e. The molecular formula is C8H18N2O. The molecule has 0 aliphatic carbocycles. The number of hydrogen-bond donors (Lipinski definition) is 1. The number of nitrogens with two attached hydrogens (primary N) is 1. The molecule has 1 saturated heterocycles. The van der Waals surface area contributed by atoms with E-state index in [-0.39, 0.29) is 0 Å². The lowest BCUT2D eigenvalue weighted by Crippen LogP contribution is -2.44. The van der Waals surface area contributed by atoms with Gasteiger partial charge in [0.2, 0.25) is 0 Å². The lowest BCUT2D eigenvalue weighted by molar-refractivity contribution is 0.0181. The van der Waals surface area contributed by atoms with Gasteiger partial charge in [0.25, 0.3) is 0 Å². The molecule has 0 aromatic heterocycles. The fraction of sp³-hybridized carbons (Fsp3) is 1.00. The van der Waals surface area contributed by atoms with E-state index >= 15 is 0 Å². The summed E-state index contributed by atoms with van der Waals surface area (Å²) >= 11 is 0. The van der Waals surface area contributed by atoms with Crippen molar-refractivity contribution < 1.29 is 4.74 Å². The van der Waals surface area contributed by atoms with Crippen molar-refractivity contribution in [2.45, 2.75) is 25.3 Å². The van der Waals surface area contributed by atoms with Gasteiger partial charge in [0, 0.05) is 26.2 Å². The van der Waals surface area contributed by atoms with Crippen LogP contribution in [0.2, 0.25) is 0 Å². The Morgan fingerprint density at radius 1 is 1.55 bits per heavy atom. The minimum absolute atomic E-state index is 0.559. The molecule has 0 aromatic carbocycles. The van der Waals surface area contributed by atoms with Gasteiger partial charge in [0.1, 0.15) is 0 Å². The maximum absolute atomic E-state index is 5.63. The number of piperidine rings is 1. The summed E-state index contributed by atoms with van der Waals surface area (Å²) in [5, 5.41) is 0. The monoisotopic (exact) mass is 158 g/mol. The first-order chi connectivity index (χ1) is 5.38. The third-order valence-corrected chi connectivity index (χ3v) is 2.32. The fourth-order valence-electron chi connectivity index (χ4n) is 1.66. The molecule has 0 radical (unpaired) electrons. The fourth-order valence-corrected chi connectivity index (χ4v) is 1.66. The molecule has 1 unspecified atom stereocenters. The highest BCUT2D eigenvalue weighted by Crippen LogP contribution is 2.15. The molecule has 11 heavy (non-hydrogen) atoms. The van der Waals surface area contributed by atoms with Gasteiger partial charge in [-0.2, -0.15) is 0 Å². The number of nitrogens with zero attached hydrogens (tertiary/aromatic N) is 1. The molecule has 0 amide bonds. The van der Waals surface area contributed by atoms with Gasteiger partial charge in [-0.3, -0.25) is 4.90 Å². The Hall–Kier alpha value is -0.120. The van der Waals surface area contributed by atoms with E-state index in [2.05, 4.69) is 4.90 Å². The zero-order valence-corrected chi connectivity index (χ0v) is 7.25. The van der Waals surface area contributed by atoms with Crippen molar-refractivity contribution >= 4 is 0 Å². The standard InChI is InChI=1S/C8H18N2O/c1-11-7-10-5-3-2-4-8(10)6-9/h8H,2-7,9H2,1H3. The van der Waals surface area contributed by atoms with Crippen LogP contribution >= 0.6 is 0 Å². The van der Waals surface area contributed by atoms with Crippen LogP contribution in [0.4, 0.5) is 0 Å². The van der Waals surface area contributed by atoms with Gasteiger partial charge in [0.15, 0.2) is 0 Å². The summed E-state index contributed by atoms with van der Waals surface area (Å²) in [7, 11) is 1.74. The van der Waals surface area contributed by atoms with Gasteiger partial charge in [-0.05, 0) is 12.8 Å². The summed E-state index contributed by atoms with van der Waals surface area (Å²) in [6, 6.07) is 0.559.